The molecule has 6 nitrogen and oxygen atoms in total. The molecule has 1 amide bonds. The second-order valence-electron chi connectivity index (χ2n) is 7.30. The number of fused-ring (bicyclic) bond motifs is 1. The predicted octanol–water partition coefficient (Wildman–Crippen LogP) is 3.73. The average molecular weight is 423 g/mol. The van der Waals surface area contributed by atoms with Crippen LogP contribution in [-0.2, 0) is 11.3 Å². The standard InChI is InChI=1S/C23H23ClN4O2/c24-21-15-19-3-1-2-4-20(19)23(25-21)28-13-11-27(12-14-28)16-18-7-5-17(6-8-18)9-10-22(29)26-30/h1-10,15,30H,11-14,16H2,(H,26,29)/b10-9+. The molecule has 1 aliphatic heterocycles. The minimum absolute atomic E-state index is 0.525. The highest BCUT2D eigenvalue weighted by molar-refractivity contribution is 6.30. The van der Waals surface area contributed by atoms with Gasteiger partial charge in [-0.2, -0.15) is 0 Å². The molecule has 3 aromatic rings. The lowest BCUT2D eigenvalue weighted by Gasteiger charge is -2.36. The quantitative estimate of drug-likeness (QED) is 0.284. The van der Waals surface area contributed by atoms with Gasteiger partial charge in [-0.1, -0.05) is 60.1 Å². The molecule has 0 bridgehead atoms. The van der Waals surface area contributed by atoms with Crippen molar-refractivity contribution >= 4 is 40.2 Å². The second kappa shape index (κ2) is 9.26. The van der Waals surface area contributed by atoms with Crippen LogP contribution in [0.1, 0.15) is 11.1 Å². The number of benzene rings is 2. The average Bonchev–Trinajstić information content (AvgIpc) is 2.78. The van der Waals surface area contributed by atoms with E-state index in [9.17, 15) is 4.79 Å². The molecule has 0 unspecified atom stereocenters. The topological polar surface area (TPSA) is 68.7 Å². The molecule has 0 spiro atoms. The molecule has 1 aliphatic rings. The van der Waals surface area contributed by atoms with Crippen molar-refractivity contribution in [3.63, 3.8) is 0 Å². The Balaban J connectivity index is 1.37. The molecule has 0 saturated carbocycles. The van der Waals surface area contributed by atoms with Gasteiger partial charge < -0.3 is 4.90 Å². The second-order valence-corrected chi connectivity index (χ2v) is 7.69. The van der Waals surface area contributed by atoms with Gasteiger partial charge in [0.1, 0.15) is 11.0 Å². The zero-order chi connectivity index (χ0) is 20.9. The van der Waals surface area contributed by atoms with Crippen LogP contribution in [0.15, 0.2) is 60.7 Å². The molecular weight excluding hydrogens is 400 g/mol. The number of anilines is 1. The van der Waals surface area contributed by atoms with Crippen LogP contribution in [-0.4, -0.2) is 47.2 Å². The highest BCUT2D eigenvalue weighted by Gasteiger charge is 2.20. The summed E-state index contributed by atoms with van der Waals surface area (Å²) in [6.45, 7) is 4.56. The lowest BCUT2D eigenvalue weighted by molar-refractivity contribution is -0.124. The van der Waals surface area contributed by atoms with Crippen LogP contribution >= 0.6 is 11.6 Å². The van der Waals surface area contributed by atoms with Crippen molar-refractivity contribution < 1.29 is 10.0 Å². The molecule has 4 rings (SSSR count). The van der Waals surface area contributed by atoms with Crippen molar-refractivity contribution in [2.75, 3.05) is 31.1 Å². The van der Waals surface area contributed by atoms with Gasteiger partial charge in [-0.05, 0) is 28.7 Å². The maximum Gasteiger partial charge on any atom is 0.267 e. The maximum absolute atomic E-state index is 11.1. The van der Waals surface area contributed by atoms with Gasteiger partial charge in [-0.3, -0.25) is 14.9 Å². The first-order valence-corrected chi connectivity index (χ1v) is 10.2. The van der Waals surface area contributed by atoms with Crippen LogP contribution in [0.2, 0.25) is 5.15 Å². The number of carbonyl (C=O) groups is 1. The zero-order valence-corrected chi connectivity index (χ0v) is 17.2. The Morgan fingerprint density at radius 3 is 2.57 bits per heavy atom. The molecule has 1 aromatic heterocycles. The Hall–Kier alpha value is -2.93. The van der Waals surface area contributed by atoms with E-state index in [2.05, 4.69) is 39.0 Å². The molecule has 2 N–H and O–H groups in total. The zero-order valence-electron chi connectivity index (χ0n) is 16.5. The monoisotopic (exact) mass is 422 g/mol. The van der Waals surface area contributed by atoms with Crippen LogP contribution in [0.25, 0.3) is 16.8 Å². The normalized spacial score (nSPS) is 15.1. The Morgan fingerprint density at radius 2 is 1.83 bits per heavy atom. The summed E-state index contributed by atoms with van der Waals surface area (Å²) >= 11 is 6.25. The van der Waals surface area contributed by atoms with Crippen molar-refractivity contribution in [3.8, 4) is 0 Å². The van der Waals surface area contributed by atoms with E-state index < -0.39 is 5.91 Å². The van der Waals surface area contributed by atoms with Gasteiger partial charge in [-0.25, -0.2) is 10.5 Å². The minimum Gasteiger partial charge on any atom is -0.353 e. The number of hydrogen-bond donors (Lipinski definition) is 2. The first-order chi connectivity index (χ1) is 14.6. The summed E-state index contributed by atoms with van der Waals surface area (Å²) in [6.07, 6.45) is 2.96. The number of nitrogens with one attached hydrogen (secondary N) is 1. The van der Waals surface area contributed by atoms with E-state index in [1.807, 2.05) is 30.3 Å². The summed E-state index contributed by atoms with van der Waals surface area (Å²) in [4.78, 5) is 20.4. The van der Waals surface area contributed by atoms with Gasteiger partial charge in [0, 0.05) is 44.2 Å². The van der Waals surface area contributed by atoms with Crippen LogP contribution in [0, 0.1) is 0 Å². The lowest BCUT2D eigenvalue weighted by Crippen LogP contribution is -2.46. The van der Waals surface area contributed by atoms with Crippen LogP contribution in [0.5, 0.6) is 0 Å². The number of nitrogens with zero attached hydrogens (tertiary/aromatic N) is 3. The molecule has 0 aliphatic carbocycles. The number of pyridine rings is 1. The summed E-state index contributed by atoms with van der Waals surface area (Å²) in [5.41, 5.74) is 3.71. The van der Waals surface area contributed by atoms with Crippen LogP contribution in [0.4, 0.5) is 5.82 Å². The van der Waals surface area contributed by atoms with Gasteiger partial charge >= 0.3 is 0 Å². The Morgan fingerprint density at radius 1 is 1.10 bits per heavy atom. The predicted molar refractivity (Wildman–Crippen MR) is 120 cm³/mol. The van der Waals surface area contributed by atoms with Crippen molar-refractivity contribution in [2.45, 2.75) is 6.54 Å². The number of rotatable bonds is 5. The van der Waals surface area contributed by atoms with Crippen LogP contribution < -0.4 is 10.4 Å². The fraction of sp³-hybridized carbons (Fsp3) is 0.217. The van der Waals surface area contributed by atoms with Gasteiger partial charge in [0.2, 0.25) is 0 Å². The largest absolute Gasteiger partial charge is 0.353 e. The molecule has 154 valence electrons. The maximum atomic E-state index is 11.1. The number of hydroxylamine groups is 1. The number of halogens is 1. The van der Waals surface area contributed by atoms with Gasteiger partial charge in [-0.15, -0.1) is 0 Å². The third-order valence-corrected chi connectivity index (χ3v) is 5.48. The van der Waals surface area contributed by atoms with Gasteiger partial charge in [0.15, 0.2) is 0 Å². The summed E-state index contributed by atoms with van der Waals surface area (Å²) in [5.74, 6) is 0.416. The lowest BCUT2D eigenvalue weighted by atomic mass is 10.1. The summed E-state index contributed by atoms with van der Waals surface area (Å²) in [5, 5.41) is 11.3. The van der Waals surface area contributed by atoms with E-state index in [1.165, 1.54) is 11.6 Å². The number of hydrogen-bond acceptors (Lipinski definition) is 5. The Kier molecular flexibility index (Phi) is 6.28. The minimum atomic E-state index is -0.543. The van der Waals surface area contributed by atoms with E-state index in [-0.39, 0.29) is 0 Å². The third kappa shape index (κ3) is 4.79. The Bertz CT molecular complexity index is 1060. The molecule has 1 fully saturated rings. The highest BCUT2D eigenvalue weighted by Crippen LogP contribution is 2.28. The molecule has 1 saturated heterocycles. The first kappa shape index (κ1) is 20.3. The van der Waals surface area contributed by atoms with Crippen molar-refractivity contribution in [2.24, 2.45) is 0 Å². The smallest absolute Gasteiger partial charge is 0.267 e. The third-order valence-electron chi connectivity index (χ3n) is 5.28. The number of amides is 1. The first-order valence-electron chi connectivity index (χ1n) is 9.86. The number of carbonyl (C=O) groups excluding carboxylic acids is 1. The van der Waals surface area contributed by atoms with Crippen molar-refractivity contribution in [3.05, 3.63) is 77.0 Å². The van der Waals surface area contributed by atoms with E-state index in [4.69, 9.17) is 16.8 Å². The van der Waals surface area contributed by atoms with Crippen molar-refractivity contribution in [1.29, 1.82) is 0 Å². The van der Waals surface area contributed by atoms with Crippen molar-refractivity contribution in [1.82, 2.24) is 15.4 Å². The summed E-state index contributed by atoms with van der Waals surface area (Å²) in [7, 11) is 0. The van der Waals surface area contributed by atoms with E-state index in [1.54, 1.807) is 11.6 Å². The molecular formula is C23H23ClN4O2. The summed E-state index contributed by atoms with van der Waals surface area (Å²) < 4.78 is 0. The van der Waals surface area contributed by atoms with E-state index >= 15 is 0 Å². The Labute approximate surface area is 180 Å². The van der Waals surface area contributed by atoms with Gasteiger partial charge in [0.25, 0.3) is 5.91 Å². The molecule has 30 heavy (non-hydrogen) atoms. The molecule has 7 heteroatoms. The van der Waals surface area contributed by atoms with Crippen LogP contribution in [0.3, 0.4) is 0 Å². The fourth-order valence-corrected chi connectivity index (χ4v) is 3.91. The van der Waals surface area contributed by atoms with E-state index in [0.29, 0.717) is 5.15 Å². The molecule has 0 radical (unpaired) electrons. The molecule has 2 heterocycles. The van der Waals surface area contributed by atoms with Gasteiger partial charge in [0.05, 0.1) is 0 Å². The highest BCUT2D eigenvalue weighted by atomic mass is 35.5. The SMILES string of the molecule is O=C(/C=C/c1ccc(CN2CCN(c3nc(Cl)cc4ccccc34)CC2)cc1)NO. The molecule has 2 aromatic carbocycles. The van der Waals surface area contributed by atoms with E-state index in [0.717, 1.165) is 54.9 Å². The summed E-state index contributed by atoms with van der Waals surface area (Å²) in [6, 6.07) is 18.2. The molecule has 0 atom stereocenters. The number of aromatic nitrogens is 1. The number of piperazine rings is 1. The fourth-order valence-electron chi connectivity index (χ4n) is 3.71.